The van der Waals surface area contributed by atoms with Gasteiger partial charge in [0.05, 0.1) is 0 Å². The highest BCUT2D eigenvalue weighted by molar-refractivity contribution is 6.31. The first kappa shape index (κ1) is 14.4. The molecular weight excluding hydrogens is 298 g/mol. The van der Waals surface area contributed by atoms with Crippen LogP contribution in [-0.2, 0) is 13.5 Å². The van der Waals surface area contributed by atoms with Gasteiger partial charge in [-0.15, -0.1) is 10.2 Å². The lowest BCUT2D eigenvalue weighted by Crippen LogP contribution is -2.07. The van der Waals surface area contributed by atoms with E-state index in [2.05, 4.69) is 32.3 Å². The average Bonchev–Trinajstić information content (AvgIpc) is 2.84. The highest BCUT2D eigenvalue weighted by Gasteiger charge is 2.07. The zero-order valence-electron chi connectivity index (χ0n) is 12.0. The van der Waals surface area contributed by atoms with Gasteiger partial charge in [0, 0.05) is 35.7 Å². The summed E-state index contributed by atoms with van der Waals surface area (Å²) >= 11 is 6.05. The van der Waals surface area contributed by atoms with Crippen molar-refractivity contribution in [2.24, 2.45) is 7.05 Å². The van der Waals surface area contributed by atoms with Gasteiger partial charge in [-0.2, -0.15) is 5.26 Å². The Hall–Kier alpha value is -2.58. The summed E-state index contributed by atoms with van der Waals surface area (Å²) in [4.78, 5) is 0. The van der Waals surface area contributed by atoms with E-state index in [1.807, 2.05) is 25.2 Å². The quantitative estimate of drug-likeness (QED) is 0.803. The van der Waals surface area contributed by atoms with Crippen molar-refractivity contribution in [3.63, 3.8) is 0 Å². The lowest BCUT2D eigenvalue weighted by molar-refractivity contribution is 0.932. The predicted molar refractivity (Wildman–Crippen MR) is 86.9 cm³/mol. The van der Waals surface area contributed by atoms with Crippen LogP contribution < -0.4 is 5.32 Å². The molecule has 2 heterocycles. The molecule has 0 saturated heterocycles. The van der Waals surface area contributed by atoms with E-state index < -0.39 is 0 Å². The third-order valence-corrected chi connectivity index (χ3v) is 3.75. The van der Waals surface area contributed by atoms with Crippen LogP contribution in [0.1, 0.15) is 11.3 Å². The van der Waals surface area contributed by atoms with Gasteiger partial charge < -0.3 is 9.88 Å². The van der Waals surface area contributed by atoms with Crippen molar-refractivity contribution in [2.45, 2.75) is 6.42 Å². The van der Waals surface area contributed by atoms with Crippen molar-refractivity contribution in [1.29, 1.82) is 5.26 Å². The van der Waals surface area contributed by atoms with Crippen molar-refractivity contribution in [2.75, 3.05) is 11.9 Å². The Bertz CT molecular complexity index is 845. The Morgan fingerprint density at radius 3 is 2.86 bits per heavy atom. The molecule has 3 aromatic rings. The summed E-state index contributed by atoms with van der Waals surface area (Å²) in [6, 6.07) is 11.3. The van der Waals surface area contributed by atoms with Crippen LogP contribution in [-0.4, -0.2) is 21.3 Å². The van der Waals surface area contributed by atoms with Crippen molar-refractivity contribution in [1.82, 2.24) is 14.8 Å². The molecule has 0 unspecified atom stereocenters. The van der Waals surface area contributed by atoms with Crippen LogP contribution in [0.5, 0.6) is 0 Å². The zero-order valence-corrected chi connectivity index (χ0v) is 12.8. The average molecular weight is 312 g/mol. The van der Waals surface area contributed by atoms with E-state index in [4.69, 9.17) is 16.9 Å². The minimum Gasteiger partial charge on any atom is -0.368 e. The number of nitriles is 1. The Kier molecular flexibility index (Phi) is 3.94. The number of benzene rings is 1. The number of rotatable bonds is 4. The number of halogens is 1. The van der Waals surface area contributed by atoms with Crippen LogP contribution in [0, 0.1) is 11.3 Å². The fourth-order valence-electron chi connectivity index (χ4n) is 2.45. The summed E-state index contributed by atoms with van der Waals surface area (Å²) in [5, 5.41) is 21.6. The number of aromatic nitrogens is 3. The molecule has 22 heavy (non-hydrogen) atoms. The third kappa shape index (κ3) is 2.87. The maximum atomic E-state index is 8.69. The normalized spacial score (nSPS) is 10.6. The van der Waals surface area contributed by atoms with Gasteiger partial charge in [0.25, 0.3) is 0 Å². The monoisotopic (exact) mass is 311 g/mol. The van der Waals surface area contributed by atoms with Crippen LogP contribution in [0.25, 0.3) is 10.9 Å². The highest BCUT2D eigenvalue weighted by Crippen LogP contribution is 2.24. The van der Waals surface area contributed by atoms with Crippen LogP contribution in [0.2, 0.25) is 5.02 Å². The van der Waals surface area contributed by atoms with E-state index in [0.717, 1.165) is 23.5 Å². The molecule has 2 aromatic heterocycles. The molecule has 1 N–H and O–H groups in total. The number of fused-ring (bicyclic) bond motifs is 1. The molecule has 0 bridgehead atoms. The number of aryl methyl sites for hydroxylation is 1. The largest absolute Gasteiger partial charge is 0.368 e. The second-order valence-corrected chi connectivity index (χ2v) is 5.46. The first-order valence-electron chi connectivity index (χ1n) is 6.88. The number of nitrogens with one attached hydrogen (secondary N) is 1. The number of hydrogen-bond donors (Lipinski definition) is 1. The molecule has 0 aliphatic rings. The van der Waals surface area contributed by atoms with Gasteiger partial charge in [0.1, 0.15) is 11.9 Å². The topological polar surface area (TPSA) is 66.5 Å². The van der Waals surface area contributed by atoms with Crippen molar-refractivity contribution in [3.8, 4) is 6.07 Å². The third-order valence-electron chi connectivity index (χ3n) is 3.51. The molecule has 6 heteroatoms. The first-order chi connectivity index (χ1) is 10.7. The van der Waals surface area contributed by atoms with Gasteiger partial charge >= 0.3 is 0 Å². The SMILES string of the molecule is Cn1cc(CCNc2ccc(C#N)nn2)c2ccc(Cl)cc21. The summed E-state index contributed by atoms with van der Waals surface area (Å²) in [5.74, 6) is 0.669. The van der Waals surface area contributed by atoms with Crippen LogP contribution in [0.15, 0.2) is 36.5 Å². The molecule has 3 rings (SSSR count). The Balaban J connectivity index is 1.70. The Morgan fingerprint density at radius 2 is 2.14 bits per heavy atom. The van der Waals surface area contributed by atoms with Crippen molar-refractivity contribution in [3.05, 3.63) is 52.8 Å². The molecule has 5 nitrogen and oxygen atoms in total. The second kappa shape index (κ2) is 6.04. The smallest absolute Gasteiger partial charge is 0.163 e. The van der Waals surface area contributed by atoms with Gasteiger partial charge in [-0.05, 0) is 36.2 Å². The minimum atomic E-state index is 0.316. The van der Waals surface area contributed by atoms with E-state index in [-0.39, 0.29) is 0 Å². The molecule has 0 aliphatic heterocycles. The van der Waals surface area contributed by atoms with Gasteiger partial charge in [-0.25, -0.2) is 0 Å². The van der Waals surface area contributed by atoms with E-state index in [9.17, 15) is 0 Å². The molecule has 110 valence electrons. The molecule has 0 atom stereocenters. The number of hydrogen-bond acceptors (Lipinski definition) is 4. The van der Waals surface area contributed by atoms with E-state index in [1.54, 1.807) is 12.1 Å². The number of anilines is 1. The van der Waals surface area contributed by atoms with Crippen LogP contribution >= 0.6 is 11.6 Å². The first-order valence-corrected chi connectivity index (χ1v) is 7.26. The van der Waals surface area contributed by atoms with Gasteiger partial charge in [0.2, 0.25) is 0 Å². The maximum absolute atomic E-state index is 8.69. The minimum absolute atomic E-state index is 0.316. The Morgan fingerprint density at radius 1 is 1.27 bits per heavy atom. The lowest BCUT2D eigenvalue weighted by Gasteiger charge is -2.04. The summed E-state index contributed by atoms with van der Waals surface area (Å²) in [5.41, 5.74) is 2.69. The standard InChI is InChI=1S/C16H14ClN5/c1-22-10-11(14-4-2-12(17)8-15(14)22)6-7-19-16-5-3-13(9-18)20-21-16/h2-5,8,10H,6-7H2,1H3,(H,19,21). The summed E-state index contributed by atoms with van der Waals surface area (Å²) in [6.45, 7) is 0.738. The fourth-order valence-corrected chi connectivity index (χ4v) is 2.62. The summed E-state index contributed by atoms with van der Waals surface area (Å²) < 4.78 is 2.08. The molecule has 0 aliphatic carbocycles. The predicted octanol–water partition coefficient (Wildman–Crippen LogP) is 3.15. The summed E-state index contributed by atoms with van der Waals surface area (Å²) in [6.07, 6.45) is 2.98. The lowest BCUT2D eigenvalue weighted by atomic mass is 10.1. The van der Waals surface area contributed by atoms with Gasteiger partial charge in [-0.1, -0.05) is 17.7 Å². The second-order valence-electron chi connectivity index (χ2n) is 5.02. The zero-order chi connectivity index (χ0) is 15.5. The molecule has 0 saturated carbocycles. The summed E-state index contributed by atoms with van der Waals surface area (Å²) in [7, 11) is 2.02. The molecule has 0 radical (unpaired) electrons. The van der Waals surface area contributed by atoms with Crippen LogP contribution in [0.3, 0.4) is 0 Å². The highest BCUT2D eigenvalue weighted by atomic mass is 35.5. The molecule has 1 aromatic carbocycles. The van der Waals surface area contributed by atoms with Crippen molar-refractivity contribution < 1.29 is 0 Å². The van der Waals surface area contributed by atoms with Crippen molar-refractivity contribution >= 4 is 28.3 Å². The number of nitrogens with zero attached hydrogens (tertiary/aromatic N) is 4. The van der Waals surface area contributed by atoms with Gasteiger partial charge in [0.15, 0.2) is 5.69 Å². The molecule has 0 spiro atoms. The van der Waals surface area contributed by atoms with Gasteiger partial charge in [-0.3, -0.25) is 0 Å². The molecular formula is C16H14ClN5. The molecule has 0 fully saturated rings. The molecule has 0 amide bonds. The maximum Gasteiger partial charge on any atom is 0.163 e. The Labute approximate surface area is 133 Å². The van der Waals surface area contributed by atoms with E-state index >= 15 is 0 Å². The van der Waals surface area contributed by atoms with E-state index in [1.165, 1.54) is 10.9 Å². The van der Waals surface area contributed by atoms with Crippen LogP contribution in [0.4, 0.5) is 5.82 Å². The van der Waals surface area contributed by atoms with E-state index in [0.29, 0.717) is 11.5 Å². The fraction of sp³-hybridized carbons (Fsp3) is 0.188.